The fourth-order valence-electron chi connectivity index (χ4n) is 4.43. The maximum atomic E-state index is 14.0. The van der Waals surface area contributed by atoms with E-state index in [0.29, 0.717) is 19.1 Å². The zero-order valence-electron chi connectivity index (χ0n) is 21.3. The van der Waals surface area contributed by atoms with Crippen molar-refractivity contribution in [1.82, 2.24) is 19.7 Å². The molecule has 39 heavy (non-hydrogen) atoms. The van der Waals surface area contributed by atoms with Crippen LogP contribution < -0.4 is 15.5 Å². The van der Waals surface area contributed by atoms with Crippen molar-refractivity contribution in [2.75, 3.05) is 33.6 Å². The third-order valence-electron chi connectivity index (χ3n) is 6.56. The van der Waals surface area contributed by atoms with Gasteiger partial charge in [0.2, 0.25) is 5.43 Å². The van der Waals surface area contributed by atoms with Gasteiger partial charge in [-0.25, -0.2) is 13.6 Å². The Morgan fingerprint density at radius 3 is 2.74 bits per heavy atom. The average Bonchev–Trinajstić information content (AvgIpc) is 2.88. The minimum absolute atomic E-state index is 0.00931. The van der Waals surface area contributed by atoms with E-state index in [4.69, 9.17) is 14.2 Å². The van der Waals surface area contributed by atoms with Crippen LogP contribution >= 0.6 is 0 Å². The van der Waals surface area contributed by atoms with Crippen LogP contribution in [0.25, 0.3) is 0 Å². The Morgan fingerprint density at radius 1 is 1.28 bits per heavy atom. The molecule has 3 heterocycles. The predicted octanol–water partition coefficient (Wildman–Crippen LogP) is 1.61. The normalized spacial score (nSPS) is 18.3. The quantitative estimate of drug-likeness (QED) is 0.449. The number of hydrogen-bond acceptors (Lipinski definition) is 7. The van der Waals surface area contributed by atoms with Crippen LogP contribution in [0.15, 0.2) is 29.2 Å². The molecule has 2 atom stereocenters. The summed E-state index contributed by atoms with van der Waals surface area (Å²) in [6.45, 7) is 1.36. The summed E-state index contributed by atoms with van der Waals surface area (Å²) in [5.41, 5.74) is -1.52. The van der Waals surface area contributed by atoms with E-state index in [1.165, 1.54) is 22.8 Å². The van der Waals surface area contributed by atoms with Gasteiger partial charge >= 0.3 is 6.09 Å². The highest BCUT2D eigenvalue weighted by Crippen LogP contribution is 2.30. The molecule has 4 rings (SSSR count). The summed E-state index contributed by atoms with van der Waals surface area (Å²) in [6, 6.07) is 2.67. The summed E-state index contributed by atoms with van der Waals surface area (Å²) in [4.78, 5) is 54.0. The van der Waals surface area contributed by atoms with Crippen LogP contribution in [0.4, 0.5) is 13.6 Å². The molecule has 1 saturated heterocycles. The molecule has 1 aromatic carbocycles. The van der Waals surface area contributed by atoms with Gasteiger partial charge in [-0.2, -0.15) is 0 Å². The molecule has 0 spiro atoms. The first-order chi connectivity index (χ1) is 18.6. The highest BCUT2D eigenvalue weighted by molar-refractivity contribution is 5.99. The van der Waals surface area contributed by atoms with E-state index in [2.05, 4.69) is 5.32 Å². The number of nitrogens with zero attached hydrogens (tertiary/aromatic N) is 3. The van der Waals surface area contributed by atoms with Gasteiger partial charge in [-0.1, -0.05) is 6.07 Å². The van der Waals surface area contributed by atoms with E-state index in [-0.39, 0.29) is 43.5 Å². The zero-order valence-corrected chi connectivity index (χ0v) is 21.3. The number of benzene rings is 1. The number of carbonyl (C=O) groups excluding carboxylic acids is 2. The number of ether oxygens (including phenoxy) is 3. The molecule has 1 aromatic heterocycles. The minimum atomic E-state index is -1.35. The molecule has 0 saturated carbocycles. The Balaban J connectivity index is 1.70. The summed E-state index contributed by atoms with van der Waals surface area (Å²) in [6.07, 6.45) is -0.225. The number of nitrogens with one attached hydrogen (secondary N) is 1. The van der Waals surface area contributed by atoms with E-state index in [9.17, 15) is 33.1 Å². The predicted molar refractivity (Wildman–Crippen MR) is 130 cm³/mol. The Labute approximate surface area is 221 Å². The average molecular weight is 551 g/mol. The largest absolute Gasteiger partial charge is 0.466 e. The molecular weight excluding hydrogens is 522 g/mol. The second kappa shape index (κ2) is 11.8. The van der Waals surface area contributed by atoms with Crippen LogP contribution in [0.2, 0.25) is 0 Å². The lowest BCUT2D eigenvalue weighted by atomic mass is 10.1. The number of fused-ring (bicyclic) bond motifs is 2. The van der Waals surface area contributed by atoms with Gasteiger partial charge in [0, 0.05) is 37.5 Å². The Hall–Kier alpha value is -4.04. The SMILES string of the molecule is COCCN(COc1c2n(cc(C(=O)NCc3ccc(F)cc3F)c1=O)C[C@@H]1OCC[C@@H](C)N1C2=O)C(=O)O. The van der Waals surface area contributed by atoms with Gasteiger partial charge in [0.25, 0.3) is 11.8 Å². The molecule has 2 N–H and O–H groups in total. The Bertz CT molecular complexity index is 1330. The lowest BCUT2D eigenvalue weighted by Gasteiger charge is -2.44. The van der Waals surface area contributed by atoms with Crippen molar-refractivity contribution < 1.29 is 42.5 Å². The number of methoxy groups -OCH3 is 1. The van der Waals surface area contributed by atoms with Gasteiger partial charge in [0.15, 0.2) is 24.4 Å². The molecule has 2 aliphatic rings. The van der Waals surface area contributed by atoms with Crippen molar-refractivity contribution in [2.45, 2.75) is 38.7 Å². The first-order valence-corrected chi connectivity index (χ1v) is 12.2. The number of halogens is 2. The molecule has 2 aliphatic heterocycles. The Morgan fingerprint density at radius 2 is 2.05 bits per heavy atom. The summed E-state index contributed by atoms with van der Waals surface area (Å²) < 4.78 is 44.9. The number of pyridine rings is 1. The van der Waals surface area contributed by atoms with Crippen LogP contribution in [0.5, 0.6) is 5.75 Å². The molecule has 1 fully saturated rings. The van der Waals surface area contributed by atoms with E-state index in [0.717, 1.165) is 17.0 Å². The fourth-order valence-corrected chi connectivity index (χ4v) is 4.43. The molecular formula is C25H28F2N4O8. The van der Waals surface area contributed by atoms with E-state index in [1.54, 1.807) is 0 Å². The van der Waals surface area contributed by atoms with Gasteiger partial charge in [0.1, 0.15) is 17.2 Å². The lowest BCUT2D eigenvalue weighted by molar-refractivity contribution is -0.112. The minimum Gasteiger partial charge on any atom is -0.466 e. The van der Waals surface area contributed by atoms with Gasteiger partial charge in [-0.3, -0.25) is 19.3 Å². The van der Waals surface area contributed by atoms with Gasteiger partial charge in [-0.15, -0.1) is 0 Å². The fraction of sp³-hybridized carbons (Fsp3) is 0.440. The first kappa shape index (κ1) is 28.0. The van der Waals surface area contributed by atoms with Crippen LogP contribution in [-0.2, 0) is 22.6 Å². The third kappa shape index (κ3) is 5.86. The standard InChI is InChI=1S/C25H28F2N4O8/c1-14-5-7-38-19-12-30-11-17(23(33)28-10-15-3-4-16(26)9-18(15)27)21(32)22(20(30)24(34)31(14)19)39-13-29(25(35)36)6-8-37-2/h3-4,9,11,14,19H,5-8,10,12-13H2,1-2H3,(H,28,33)(H,35,36)/t14-,19+/m1/s1. The summed E-state index contributed by atoms with van der Waals surface area (Å²) >= 11 is 0. The van der Waals surface area contributed by atoms with Gasteiger partial charge in [0.05, 0.1) is 26.3 Å². The second-order valence-corrected chi connectivity index (χ2v) is 9.11. The van der Waals surface area contributed by atoms with Crippen LogP contribution in [0.3, 0.4) is 0 Å². The van der Waals surface area contributed by atoms with Gasteiger partial charge < -0.3 is 34.1 Å². The molecule has 3 amide bonds. The van der Waals surface area contributed by atoms with E-state index < -0.39 is 59.2 Å². The number of carbonyl (C=O) groups is 3. The molecule has 14 heteroatoms. The molecule has 0 unspecified atom stereocenters. The molecule has 0 bridgehead atoms. The highest BCUT2D eigenvalue weighted by Gasteiger charge is 2.41. The van der Waals surface area contributed by atoms with Gasteiger partial charge in [-0.05, 0) is 19.4 Å². The topological polar surface area (TPSA) is 140 Å². The summed E-state index contributed by atoms with van der Waals surface area (Å²) in [7, 11) is 1.39. The molecule has 210 valence electrons. The summed E-state index contributed by atoms with van der Waals surface area (Å²) in [5.74, 6) is -3.62. The number of rotatable bonds is 9. The first-order valence-electron chi connectivity index (χ1n) is 12.2. The number of aromatic nitrogens is 1. The number of hydrogen-bond donors (Lipinski definition) is 2. The zero-order chi connectivity index (χ0) is 28.3. The highest BCUT2D eigenvalue weighted by atomic mass is 19.1. The van der Waals surface area contributed by atoms with E-state index in [1.807, 2.05) is 6.92 Å². The smallest absolute Gasteiger partial charge is 0.410 e. The van der Waals surface area contributed by atoms with Crippen LogP contribution in [0, 0.1) is 11.6 Å². The van der Waals surface area contributed by atoms with Crippen LogP contribution in [0.1, 0.15) is 39.8 Å². The van der Waals surface area contributed by atoms with Crippen molar-refractivity contribution in [2.24, 2.45) is 0 Å². The van der Waals surface area contributed by atoms with Crippen molar-refractivity contribution in [3.8, 4) is 5.75 Å². The maximum Gasteiger partial charge on any atom is 0.410 e. The molecule has 0 radical (unpaired) electrons. The molecule has 0 aliphatic carbocycles. The lowest BCUT2D eigenvalue weighted by Crippen LogP contribution is -2.57. The second-order valence-electron chi connectivity index (χ2n) is 9.11. The maximum absolute atomic E-state index is 14.0. The van der Waals surface area contributed by atoms with Crippen molar-refractivity contribution in [3.63, 3.8) is 0 Å². The molecule has 12 nitrogen and oxygen atoms in total. The monoisotopic (exact) mass is 550 g/mol. The number of amides is 3. The van der Waals surface area contributed by atoms with Crippen molar-refractivity contribution >= 4 is 17.9 Å². The van der Waals surface area contributed by atoms with Crippen molar-refractivity contribution in [3.05, 3.63) is 63.1 Å². The van der Waals surface area contributed by atoms with Crippen molar-refractivity contribution in [1.29, 1.82) is 0 Å². The third-order valence-corrected chi connectivity index (χ3v) is 6.56. The Kier molecular flexibility index (Phi) is 8.45. The summed E-state index contributed by atoms with van der Waals surface area (Å²) in [5, 5.41) is 11.9. The number of carboxylic acid groups (broad SMARTS) is 1. The van der Waals surface area contributed by atoms with E-state index >= 15 is 0 Å². The molecule has 2 aromatic rings. The van der Waals surface area contributed by atoms with Crippen LogP contribution in [-0.4, -0.2) is 83.2 Å².